The molecule has 1 aliphatic rings. The van der Waals surface area contributed by atoms with Crippen LogP contribution < -0.4 is 4.74 Å². The number of hydrogen-bond donors (Lipinski definition) is 0. The number of carbonyl (C=O) groups is 2. The average Bonchev–Trinajstić information content (AvgIpc) is 2.80. The Kier molecular flexibility index (Phi) is 8.02. The smallest absolute Gasteiger partial charge is 0.328 e. The predicted octanol–water partition coefficient (Wildman–Crippen LogP) is 3.08. The van der Waals surface area contributed by atoms with Gasteiger partial charge < -0.3 is 14.4 Å². The molecule has 1 saturated heterocycles. The van der Waals surface area contributed by atoms with Crippen LogP contribution in [0.2, 0.25) is 5.02 Å². The second-order valence-corrected chi connectivity index (χ2v) is 7.60. The zero-order valence-electron chi connectivity index (χ0n) is 17.6. The second-order valence-electron chi connectivity index (χ2n) is 7.16. The minimum atomic E-state index is -0.569. The largest absolute Gasteiger partial charge is 0.484 e. The lowest BCUT2D eigenvalue weighted by atomic mass is 10.0. The van der Waals surface area contributed by atoms with E-state index in [1.54, 1.807) is 36.1 Å². The van der Waals surface area contributed by atoms with Gasteiger partial charge in [0.05, 0.1) is 11.5 Å². The number of nitro groups is 1. The number of rotatable bonds is 8. The van der Waals surface area contributed by atoms with Crippen molar-refractivity contribution < 1.29 is 24.0 Å². The zero-order chi connectivity index (χ0) is 23.1. The molecule has 1 fully saturated rings. The molecule has 0 spiro atoms. The third-order valence-electron chi connectivity index (χ3n) is 5.14. The van der Waals surface area contributed by atoms with Crippen LogP contribution in [-0.4, -0.2) is 66.0 Å². The highest BCUT2D eigenvalue weighted by Gasteiger charge is 2.32. The average molecular weight is 462 g/mol. The Morgan fingerprint density at radius 1 is 1.06 bits per heavy atom. The van der Waals surface area contributed by atoms with E-state index in [1.807, 2.05) is 4.90 Å². The summed E-state index contributed by atoms with van der Waals surface area (Å²) in [7, 11) is 0. The monoisotopic (exact) mass is 461 g/mol. The van der Waals surface area contributed by atoms with E-state index >= 15 is 0 Å². The molecule has 170 valence electrons. The highest BCUT2D eigenvalue weighted by atomic mass is 35.5. The fourth-order valence-corrected chi connectivity index (χ4v) is 3.62. The molecule has 0 N–H and O–H groups in total. The molecular weight excluding hydrogens is 438 g/mol. The van der Waals surface area contributed by atoms with Crippen molar-refractivity contribution in [3.05, 3.63) is 69.2 Å². The van der Waals surface area contributed by atoms with Crippen molar-refractivity contribution in [2.45, 2.75) is 13.0 Å². The predicted molar refractivity (Wildman–Crippen MR) is 118 cm³/mol. The molecule has 0 aliphatic carbocycles. The number of non-ortho nitro benzene ring substituents is 1. The summed E-state index contributed by atoms with van der Waals surface area (Å²) in [5.41, 5.74) is 0.741. The second kappa shape index (κ2) is 10.9. The van der Waals surface area contributed by atoms with Crippen LogP contribution in [0.4, 0.5) is 5.69 Å². The number of ether oxygens (including phenoxy) is 2. The van der Waals surface area contributed by atoms with Crippen molar-refractivity contribution in [2.75, 3.05) is 39.4 Å². The molecule has 9 nitrogen and oxygen atoms in total. The van der Waals surface area contributed by atoms with Gasteiger partial charge in [0.2, 0.25) is 0 Å². The van der Waals surface area contributed by atoms with Crippen molar-refractivity contribution in [2.24, 2.45) is 0 Å². The minimum Gasteiger partial charge on any atom is -0.484 e. The summed E-state index contributed by atoms with van der Waals surface area (Å²) in [6.45, 7) is 3.73. The number of carbonyl (C=O) groups excluding carboxylic acids is 2. The van der Waals surface area contributed by atoms with Crippen molar-refractivity contribution in [3.63, 3.8) is 0 Å². The number of halogens is 1. The number of piperazine rings is 1. The van der Waals surface area contributed by atoms with Crippen LogP contribution in [0, 0.1) is 10.1 Å². The third-order valence-corrected chi connectivity index (χ3v) is 5.39. The number of nitrogens with zero attached hydrogens (tertiary/aromatic N) is 3. The van der Waals surface area contributed by atoms with E-state index in [1.165, 1.54) is 24.3 Å². The van der Waals surface area contributed by atoms with E-state index in [2.05, 4.69) is 0 Å². The molecule has 1 heterocycles. The zero-order valence-corrected chi connectivity index (χ0v) is 18.4. The number of nitro benzene ring substituents is 1. The number of amides is 1. The molecule has 0 saturated carbocycles. The summed E-state index contributed by atoms with van der Waals surface area (Å²) < 4.78 is 10.7. The third kappa shape index (κ3) is 5.95. The summed E-state index contributed by atoms with van der Waals surface area (Å²) in [5.74, 6) is -0.147. The van der Waals surface area contributed by atoms with Crippen LogP contribution in [0.25, 0.3) is 0 Å². The molecule has 0 radical (unpaired) electrons. The highest BCUT2D eigenvalue weighted by Crippen LogP contribution is 2.25. The van der Waals surface area contributed by atoms with Gasteiger partial charge in [-0.15, -0.1) is 0 Å². The highest BCUT2D eigenvalue weighted by molar-refractivity contribution is 6.30. The normalized spacial score (nSPS) is 15.1. The molecule has 10 heteroatoms. The van der Waals surface area contributed by atoms with Gasteiger partial charge >= 0.3 is 5.97 Å². The van der Waals surface area contributed by atoms with E-state index in [9.17, 15) is 19.7 Å². The van der Waals surface area contributed by atoms with Gasteiger partial charge in [0.1, 0.15) is 11.8 Å². The van der Waals surface area contributed by atoms with E-state index < -0.39 is 11.0 Å². The van der Waals surface area contributed by atoms with Gasteiger partial charge in [-0.3, -0.25) is 19.8 Å². The maximum absolute atomic E-state index is 12.6. The van der Waals surface area contributed by atoms with Gasteiger partial charge in [0.15, 0.2) is 6.61 Å². The molecule has 2 aromatic carbocycles. The number of esters is 1. The number of hydrogen-bond acceptors (Lipinski definition) is 7. The van der Waals surface area contributed by atoms with Gasteiger partial charge in [0, 0.05) is 43.3 Å². The van der Waals surface area contributed by atoms with E-state index in [0.29, 0.717) is 37.0 Å². The van der Waals surface area contributed by atoms with E-state index in [4.69, 9.17) is 21.1 Å². The summed E-state index contributed by atoms with van der Waals surface area (Å²) in [6, 6.07) is 12.1. The summed E-state index contributed by atoms with van der Waals surface area (Å²) in [6.07, 6.45) is 0. The maximum atomic E-state index is 12.6. The van der Waals surface area contributed by atoms with Gasteiger partial charge in [-0.1, -0.05) is 23.7 Å². The van der Waals surface area contributed by atoms with Gasteiger partial charge in [-0.2, -0.15) is 0 Å². The molecule has 1 aliphatic heterocycles. The molecule has 2 aromatic rings. The lowest BCUT2D eigenvalue weighted by molar-refractivity contribution is -0.384. The molecule has 1 atom stereocenters. The molecule has 32 heavy (non-hydrogen) atoms. The Morgan fingerprint density at radius 3 is 2.25 bits per heavy atom. The van der Waals surface area contributed by atoms with Gasteiger partial charge in [0.25, 0.3) is 11.6 Å². The van der Waals surface area contributed by atoms with Crippen molar-refractivity contribution in [1.82, 2.24) is 9.80 Å². The molecular formula is C22H24ClN3O6. The molecule has 0 bridgehead atoms. The number of benzene rings is 2. The lowest BCUT2D eigenvalue weighted by Crippen LogP contribution is -2.52. The Morgan fingerprint density at radius 2 is 1.69 bits per heavy atom. The SMILES string of the molecule is CCOC(=O)C(c1ccc(Cl)cc1)N1CCN(C(=O)COc2ccc([N+](=O)[O-])cc2)CC1. The van der Waals surface area contributed by atoms with Crippen molar-refractivity contribution >= 4 is 29.2 Å². The Balaban J connectivity index is 1.57. The van der Waals surface area contributed by atoms with E-state index in [0.717, 1.165) is 5.56 Å². The first-order valence-electron chi connectivity index (χ1n) is 10.2. The first-order valence-corrected chi connectivity index (χ1v) is 10.6. The van der Waals surface area contributed by atoms with Gasteiger partial charge in [-0.05, 0) is 36.8 Å². The summed E-state index contributed by atoms with van der Waals surface area (Å²) in [5, 5.41) is 11.3. The summed E-state index contributed by atoms with van der Waals surface area (Å²) >= 11 is 5.98. The fraction of sp³-hybridized carbons (Fsp3) is 0.364. The van der Waals surface area contributed by atoms with E-state index in [-0.39, 0.29) is 30.8 Å². The fourth-order valence-electron chi connectivity index (χ4n) is 3.49. The van der Waals surface area contributed by atoms with Crippen LogP contribution >= 0.6 is 11.6 Å². The molecule has 0 aromatic heterocycles. The maximum Gasteiger partial charge on any atom is 0.328 e. The van der Waals surface area contributed by atoms with Crippen molar-refractivity contribution in [3.8, 4) is 5.75 Å². The minimum absolute atomic E-state index is 0.0448. The molecule has 1 amide bonds. The Hall–Kier alpha value is -3.17. The Labute approximate surface area is 190 Å². The summed E-state index contributed by atoms with van der Waals surface area (Å²) in [4.78, 5) is 39.0. The first kappa shape index (κ1) is 23.5. The van der Waals surface area contributed by atoms with Crippen LogP contribution in [0.5, 0.6) is 5.75 Å². The Bertz CT molecular complexity index is 943. The van der Waals surface area contributed by atoms with Crippen molar-refractivity contribution in [1.29, 1.82) is 0 Å². The standard InChI is InChI=1S/C22H24ClN3O6/c1-2-31-22(28)21(16-3-5-17(23)6-4-16)25-13-11-24(12-14-25)20(27)15-32-19-9-7-18(8-10-19)26(29)30/h3-10,21H,2,11-15H2,1H3. The topological polar surface area (TPSA) is 102 Å². The quantitative estimate of drug-likeness (QED) is 0.338. The first-order chi connectivity index (χ1) is 15.4. The molecule has 3 rings (SSSR count). The van der Waals surface area contributed by atoms with Crippen LogP contribution in [0.1, 0.15) is 18.5 Å². The van der Waals surface area contributed by atoms with Crippen LogP contribution in [-0.2, 0) is 14.3 Å². The van der Waals surface area contributed by atoms with Crippen LogP contribution in [0.3, 0.4) is 0 Å². The van der Waals surface area contributed by atoms with Gasteiger partial charge in [-0.25, -0.2) is 4.79 Å². The lowest BCUT2D eigenvalue weighted by Gasteiger charge is -2.38. The molecule has 1 unspecified atom stereocenters. The van der Waals surface area contributed by atoms with Crippen LogP contribution in [0.15, 0.2) is 48.5 Å².